The van der Waals surface area contributed by atoms with E-state index in [0.717, 1.165) is 25.1 Å². The normalized spacial score (nSPS) is 15.8. The van der Waals surface area contributed by atoms with E-state index in [1.54, 1.807) is 24.3 Å². The molecule has 0 atom stereocenters. The van der Waals surface area contributed by atoms with Crippen LogP contribution in [0.1, 0.15) is 6.42 Å². The number of benzene rings is 1. The van der Waals surface area contributed by atoms with Gasteiger partial charge in [0.2, 0.25) is 0 Å². The summed E-state index contributed by atoms with van der Waals surface area (Å²) in [4.78, 5) is 13.8. The molecule has 5 heteroatoms. The average molecular weight is 281 g/mol. The van der Waals surface area contributed by atoms with E-state index in [4.69, 9.17) is 16.3 Å². The molecule has 0 aliphatic carbocycles. The molecule has 4 nitrogen and oxygen atoms in total. The first-order valence-corrected chi connectivity index (χ1v) is 6.57. The van der Waals surface area contributed by atoms with Crippen LogP contribution in [0, 0.1) is 0 Å². The summed E-state index contributed by atoms with van der Waals surface area (Å²) in [5, 5.41) is 3.29. The Morgan fingerprint density at radius 1 is 1.42 bits per heavy atom. The van der Waals surface area contributed by atoms with E-state index in [1.165, 1.54) is 0 Å². The van der Waals surface area contributed by atoms with Gasteiger partial charge in [0.15, 0.2) is 0 Å². The zero-order valence-electron chi connectivity index (χ0n) is 10.9. The van der Waals surface area contributed by atoms with Crippen molar-refractivity contribution < 1.29 is 9.53 Å². The van der Waals surface area contributed by atoms with Gasteiger partial charge in [-0.1, -0.05) is 17.7 Å². The summed E-state index contributed by atoms with van der Waals surface area (Å²) in [5.41, 5.74) is 1.81. The van der Waals surface area contributed by atoms with Crippen LogP contribution in [-0.2, 0) is 4.74 Å². The van der Waals surface area contributed by atoms with Crippen LogP contribution in [0.15, 0.2) is 35.9 Å². The number of amides is 1. The molecule has 1 amide bonds. The smallest absolute Gasteiger partial charge is 0.411 e. The fourth-order valence-electron chi connectivity index (χ4n) is 1.93. The Bertz CT molecular complexity index is 471. The molecule has 1 aromatic rings. The van der Waals surface area contributed by atoms with E-state index in [0.29, 0.717) is 17.3 Å². The maximum absolute atomic E-state index is 11.6. The molecule has 1 aromatic carbocycles. The van der Waals surface area contributed by atoms with Crippen molar-refractivity contribution >= 4 is 23.4 Å². The van der Waals surface area contributed by atoms with Gasteiger partial charge in [0.1, 0.15) is 6.61 Å². The molecule has 0 bridgehead atoms. The molecule has 1 aliphatic heterocycles. The van der Waals surface area contributed by atoms with Crippen molar-refractivity contribution in [2.24, 2.45) is 0 Å². The summed E-state index contributed by atoms with van der Waals surface area (Å²) < 4.78 is 5.19. The van der Waals surface area contributed by atoms with Crippen molar-refractivity contribution in [2.75, 3.05) is 32.1 Å². The SMILES string of the molecule is CN1CCC=C(COC(=O)Nc2ccc(Cl)cc2)C1. The van der Waals surface area contributed by atoms with Crippen LogP contribution in [0.3, 0.4) is 0 Å². The van der Waals surface area contributed by atoms with Crippen molar-refractivity contribution in [2.45, 2.75) is 6.42 Å². The topological polar surface area (TPSA) is 41.6 Å². The lowest BCUT2D eigenvalue weighted by Crippen LogP contribution is -2.28. The molecule has 2 rings (SSSR count). The van der Waals surface area contributed by atoms with Crippen LogP contribution in [0.25, 0.3) is 0 Å². The third-order valence-electron chi connectivity index (χ3n) is 2.90. The van der Waals surface area contributed by atoms with E-state index in [1.807, 2.05) is 0 Å². The molecule has 0 spiro atoms. The molecule has 0 saturated heterocycles. The van der Waals surface area contributed by atoms with Crippen molar-refractivity contribution in [3.05, 3.63) is 40.9 Å². The quantitative estimate of drug-likeness (QED) is 0.865. The van der Waals surface area contributed by atoms with Crippen molar-refractivity contribution in [1.29, 1.82) is 0 Å². The van der Waals surface area contributed by atoms with Gasteiger partial charge in [-0.3, -0.25) is 5.32 Å². The lowest BCUT2D eigenvalue weighted by Gasteiger charge is -2.22. The number of nitrogens with one attached hydrogen (secondary N) is 1. The van der Waals surface area contributed by atoms with Crippen LogP contribution in [0.4, 0.5) is 10.5 Å². The Labute approximate surface area is 118 Å². The maximum atomic E-state index is 11.6. The highest BCUT2D eigenvalue weighted by atomic mass is 35.5. The van der Waals surface area contributed by atoms with Gasteiger partial charge in [-0.2, -0.15) is 0 Å². The number of nitrogens with zero attached hydrogens (tertiary/aromatic N) is 1. The number of carbonyl (C=O) groups excluding carboxylic acids is 1. The van der Waals surface area contributed by atoms with Gasteiger partial charge in [-0.05, 0) is 43.3 Å². The van der Waals surface area contributed by atoms with Gasteiger partial charge in [-0.15, -0.1) is 0 Å². The van der Waals surface area contributed by atoms with Gasteiger partial charge < -0.3 is 9.64 Å². The molecule has 0 radical (unpaired) electrons. The van der Waals surface area contributed by atoms with Crippen molar-refractivity contribution in [3.8, 4) is 0 Å². The van der Waals surface area contributed by atoms with Crippen LogP contribution < -0.4 is 5.32 Å². The Kier molecular flexibility index (Phi) is 4.82. The van der Waals surface area contributed by atoms with Crippen LogP contribution >= 0.6 is 11.6 Å². The summed E-state index contributed by atoms with van der Waals surface area (Å²) in [6.45, 7) is 2.25. The largest absolute Gasteiger partial charge is 0.445 e. The highest BCUT2D eigenvalue weighted by Gasteiger charge is 2.10. The molecule has 19 heavy (non-hydrogen) atoms. The first kappa shape index (κ1) is 13.9. The number of ether oxygens (including phenoxy) is 1. The molecular weight excluding hydrogens is 264 g/mol. The third-order valence-corrected chi connectivity index (χ3v) is 3.15. The zero-order valence-corrected chi connectivity index (χ0v) is 11.6. The molecule has 1 heterocycles. The standard InChI is InChI=1S/C14H17ClN2O2/c1-17-8-2-3-11(9-17)10-19-14(18)16-13-6-4-12(15)5-7-13/h3-7H,2,8-10H2,1H3,(H,16,18). The average Bonchev–Trinajstić information content (AvgIpc) is 2.39. The Hall–Kier alpha value is -1.52. The lowest BCUT2D eigenvalue weighted by molar-refractivity contribution is 0.168. The predicted octanol–water partition coefficient (Wildman–Crippen LogP) is 3.15. The summed E-state index contributed by atoms with van der Waals surface area (Å²) in [7, 11) is 2.06. The number of halogens is 1. The summed E-state index contributed by atoms with van der Waals surface area (Å²) in [6, 6.07) is 6.90. The number of anilines is 1. The second kappa shape index (κ2) is 6.59. The molecule has 0 unspecified atom stereocenters. The number of hydrogen-bond donors (Lipinski definition) is 1. The predicted molar refractivity (Wildman–Crippen MR) is 76.6 cm³/mol. The first-order chi connectivity index (χ1) is 9.13. The molecule has 0 aromatic heterocycles. The molecule has 102 valence electrons. The Balaban J connectivity index is 1.78. The van der Waals surface area contributed by atoms with E-state index in [-0.39, 0.29) is 0 Å². The summed E-state index contributed by atoms with van der Waals surface area (Å²) >= 11 is 5.77. The summed E-state index contributed by atoms with van der Waals surface area (Å²) in [5.74, 6) is 0. The number of carbonyl (C=O) groups is 1. The van der Waals surface area contributed by atoms with Gasteiger partial charge >= 0.3 is 6.09 Å². The minimum atomic E-state index is -0.448. The second-order valence-electron chi connectivity index (χ2n) is 4.60. The van der Waals surface area contributed by atoms with Gasteiger partial charge in [0.05, 0.1) is 0 Å². The third kappa shape index (κ3) is 4.58. The Morgan fingerprint density at radius 2 is 2.16 bits per heavy atom. The fourth-order valence-corrected chi connectivity index (χ4v) is 2.06. The molecule has 0 saturated carbocycles. The number of hydrogen-bond acceptors (Lipinski definition) is 3. The molecule has 1 aliphatic rings. The number of rotatable bonds is 3. The first-order valence-electron chi connectivity index (χ1n) is 6.19. The van der Waals surface area contributed by atoms with Gasteiger partial charge in [0, 0.05) is 23.8 Å². The van der Waals surface area contributed by atoms with E-state index in [9.17, 15) is 4.79 Å². The highest BCUT2D eigenvalue weighted by Crippen LogP contribution is 2.14. The molecule has 0 fully saturated rings. The zero-order chi connectivity index (χ0) is 13.7. The minimum absolute atomic E-state index is 0.337. The summed E-state index contributed by atoms with van der Waals surface area (Å²) in [6.07, 6.45) is 2.69. The maximum Gasteiger partial charge on any atom is 0.411 e. The highest BCUT2D eigenvalue weighted by molar-refractivity contribution is 6.30. The van der Waals surface area contributed by atoms with Gasteiger partial charge in [0.25, 0.3) is 0 Å². The van der Waals surface area contributed by atoms with Crippen LogP contribution in [-0.4, -0.2) is 37.7 Å². The van der Waals surface area contributed by atoms with Crippen molar-refractivity contribution in [1.82, 2.24) is 4.90 Å². The molecular formula is C14H17ClN2O2. The number of likely N-dealkylation sites (N-methyl/N-ethyl adjacent to an activating group) is 1. The van der Waals surface area contributed by atoms with Crippen molar-refractivity contribution in [3.63, 3.8) is 0 Å². The van der Waals surface area contributed by atoms with Crippen LogP contribution in [0.2, 0.25) is 5.02 Å². The second-order valence-corrected chi connectivity index (χ2v) is 5.03. The molecule has 1 N–H and O–H groups in total. The van der Waals surface area contributed by atoms with Crippen LogP contribution in [0.5, 0.6) is 0 Å². The lowest BCUT2D eigenvalue weighted by atomic mass is 10.1. The minimum Gasteiger partial charge on any atom is -0.445 e. The Morgan fingerprint density at radius 3 is 2.84 bits per heavy atom. The van der Waals surface area contributed by atoms with E-state index < -0.39 is 6.09 Å². The van der Waals surface area contributed by atoms with Gasteiger partial charge in [-0.25, -0.2) is 4.79 Å². The van der Waals surface area contributed by atoms with E-state index >= 15 is 0 Å². The van der Waals surface area contributed by atoms with E-state index in [2.05, 4.69) is 23.3 Å². The monoisotopic (exact) mass is 280 g/mol. The fraction of sp³-hybridized carbons (Fsp3) is 0.357.